The Balaban J connectivity index is 1.15. The van der Waals surface area contributed by atoms with Gasteiger partial charge in [0.2, 0.25) is 5.91 Å². The number of aromatic nitrogens is 1. The van der Waals surface area contributed by atoms with Gasteiger partial charge in [0.15, 0.2) is 5.76 Å². The highest BCUT2D eigenvalue weighted by Gasteiger charge is 2.40. The van der Waals surface area contributed by atoms with E-state index in [0.29, 0.717) is 23.7 Å². The normalized spacial score (nSPS) is 23.6. The summed E-state index contributed by atoms with van der Waals surface area (Å²) in [5.41, 5.74) is 3.12. The Bertz CT molecular complexity index is 1220. The lowest BCUT2D eigenvalue weighted by molar-refractivity contribution is -0.134. The van der Waals surface area contributed by atoms with Gasteiger partial charge in [0.25, 0.3) is 5.91 Å². The average Bonchev–Trinajstić information content (AvgIpc) is 3.22. The van der Waals surface area contributed by atoms with Gasteiger partial charge >= 0.3 is 0 Å². The maximum atomic E-state index is 12.8. The fourth-order valence-electron chi connectivity index (χ4n) is 4.78. The number of benzene rings is 2. The number of morpholine rings is 1. The third kappa shape index (κ3) is 4.76. The molecule has 0 spiro atoms. The first-order valence-electron chi connectivity index (χ1n) is 11.3. The summed E-state index contributed by atoms with van der Waals surface area (Å²) in [4.78, 5) is 28.6. The van der Waals surface area contributed by atoms with E-state index >= 15 is 0 Å². The Hall–Kier alpha value is -3.25. The number of carbonyl (C=O) groups excluding carboxylic acids is 2. The van der Waals surface area contributed by atoms with Gasteiger partial charge in [0.05, 0.1) is 6.04 Å². The van der Waals surface area contributed by atoms with Gasteiger partial charge in [0.1, 0.15) is 6.10 Å². The Morgan fingerprint density at radius 3 is 2.94 bits per heavy atom. The number of hydrogen-bond acceptors (Lipinski definition) is 3. The Morgan fingerprint density at radius 1 is 1.18 bits per heavy atom. The second kappa shape index (κ2) is 9.32. The van der Waals surface area contributed by atoms with Crippen LogP contribution in [0.15, 0.2) is 60.5 Å². The summed E-state index contributed by atoms with van der Waals surface area (Å²) in [7, 11) is 0. The van der Waals surface area contributed by atoms with E-state index in [9.17, 15) is 9.59 Å². The molecule has 7 heteroatoms. The molecule has 2 aromatic carbocycles. The first kappa shape index (κ1) is 21.6. The van der Waals surface area contributed by atoms with Crippen molar-refractivity contribution in [1.29, 1.82) is 0 Å². The van der Waals surface area contributed by atoms with Crippen molar-refractivity contribution in [2.45, 2.75) is 37.8 Å². The number of carbonyl (C=O) groups is 2. The van der Waals surface area contributed by atoms with Crippen LogP contribution >= 0.6 is 11.6 Å². The SMILES string of the molecule is O=C1NC2CC(C(=O)NCCc3c[nH]c4ccccc34)CCC2O/C1=C/c1cccc(Cl)c1. The molecule has 3 N–H and O–H groups in total. The highest BCUT2D eigenvalue weighted by Crippen LogP contribution is 2.31. The summed E-state index contributed by atoms with van der Waals surface area (Å²) >= 11 is 6.04. The monoisotopic (exact) mass is 463 g/mol. The molecule has 2 aliphatic rings. The van der Waals surface area contributed by atoms with E-state index in [-0.39, 0.29) is 29.9 Å². The van der Waals surface area contributed by atoms with Crippen LogP contribution in [0, 0.1) is 5.92 Å². The zero-order valence-electron chi connectivity index (χ0n) is 18.1. The average molecular weight is 464 g/mol. The first-order chi connectivity index (χ1) is 16.1. The maximum Gasteiger partial charge on any atom is 0.286 e. The number of aromatic amines is 1. The minimum absolute atomic E-state index is 0.0443. The second-order valence-corrected chi connectivity index (χ2v) is 9.15. The molecule has 1 saturated carbocycles. The van der Waals surface area contributed by atoms with Crippen LogP contribution in [0.2, 0.25) is 5.02 Å². The molecule has 1 aliphatic heterocycles. The highest BCUT2D eigenvalue weighted by molar-refractivity contribution is 6.30. The Kier molecular flexibility index (Phi) is 6.09. The largest absolute Gasteiger partial charge is 0.483 e. The fraction of sp³-hybridized carbons (Fsp3) is 0.308. The summed E-state index contributed by atoms with van der Waals surface area (Å²) in [6.07, 6.45) is 6.40. The number of hydrogen-bond donors (Lipinski definition) is 3. The van der Waals surface area contributed by atoms with E-state index in [2.05, 4.69) is 21.7 Å². The van der Waals surface area contributed by atoms with Crippen molar-refractivity contribution in [3.05, 3.63) is 76.6 Å². The van der Waals surface area contributed by atoms with E-state index < -0.39 is 0 Å². The predicted molar refractivity (Wildman–Crippen MR) is 129 cm³/mol. The molecule has 2 fully saturated rings. The summed E-state index contributed by atoms with van der Waals surface area (Å²) in [5.74, 6) is -0.0452. The molecule has 1 saturated heterocycles. The predicted octanol–water partition coefficient (Wildman–Crippen LogP) is 4.20. The zero-order valence-corrected chi connectivity index (χ0v) is 18.9. The van der Waals surface area contributed by atoms with Crippen molar-refractivity contribution in [1.82, 2.24) is 15.6 Å². The number of amides is 2. The summed E-state index contributed by atoms with van der Waals surface area (Å²) in [6, 6.07) is 15.3. The third-order valence-corrected chi connectivity index (χ3v) is 6.73. The maximum absolute atomic E-state index is 12.8. The molecule has 1 aromatic heterocycles. The molecule has 3 aromatic rings. The smallest absolute Gasteiger partial charge is 0.286 e. The van der Waals surface area contributed by atoms with E-state index in [1.165, 1.54) is 10.9 Å². The number of halogens is 1. The van der Waals surface area contributed by atoms with Crippen molar-refractivity contribution >= 4 is 40.4 Å². The van der Waals surface area contributed by atoms with Gasteiger partial charge in [0, 0.05) is 34.6 Å². The van der Waals surface area contributed by atoms with Crippen LogP contribution in [0.5, 0.6) is 0 Å². The summed E-state index contributed by atoms with van der Waals surface area (Å²) in [5, 5.41) is 7.91. The van der Waals surface area contributed by atoms with Crippen molar-refractivity contribution < 1.29 is 14.3 Å². The molecule has 2 heterocycles. The lowest BCUT2D eigenvalue weighted by Crippen LogP contribution is -2.54. The molecule has 5 rings (SSSR count). The second-order valence-electron chi connectivity index (χ2n) is 8.71. The number of H-pyrrole nitrogens is 1. The van der Waals surface area contributed by atoms with Crippen LogP contribution in [0.3, 0.4) is 0 Å². The number of para-hydroxylation sites is 1. The Labute approximate surface area is 197 Å². The lowest BCUT2D eigenvalue weighted by Gasteiger charge is -2.39. The quantitative estimate of drug-likeness (QED) is 0.496. The van der Waals surface area contributed by atoms with Crippen molar-refractivity contribution in [3.63, 3.8) is 0 Å². The van der Waals surface area contributed by atoms with Crippen LogP contribution in [0.1, 0.15) is 30.4 Å². The molecule has 170 valence electrons. The van der Waals surface area contributed by atoms with E-state index in [4.69, 9.17) is 16.3 Å². The van der Waals surface area contributed by atoms with Crippen LogP contribution in [-0.2, 0) is 20.7 Å². The van der Waals surface area contributed by atoms with Gasteiger partial charge in [-0.3, -0.25) is 9.59 Å². The molecule has 6 nitrogen and oxygen atoms in total. The van der Waals surface area contributed by atoms with E-state index in [0.717, 1.165) is 30.3 Å². The standard InChI is InChI=1S/C26H26ClN3O3/c27-19-5-3-4-16(12-19)13-24-26(32)30-22-14-17(8-9-23(22)33-24)25(31)28-11-10-18-15-29-21-7-2-1-6-20(18)21/h1-7,12-13,15,17,22-23,29H,8-11,14H2,(H,28,31)(H,30,32)/b24-13+. The molecule has 0 radical (unpaired) electrons. The summed E-state index contributed by atoms with van der Waals surface area (Å²) < 4.78 is 6.02. The molecule has 3 unspecified atom stereocenters. The third-order valence-electron chi connectivity index (χ3n) is 6.49. The van der Waals surface area contributed by atoms with Gasteiger partial charge in [-0.25, -0.2) is 0 Å². The molecular weight excluding hydrogens is 438 g/mol. The van der Waals surface area contributed by atoms with Crippen LogP contribution in [-0.4, -0.2) is 35.5 Å². The van der Waals surface area contributed by atoms with Crippen LogP contribution < -0.4 is 10.6 Å². The molecule has 0 bridgehead atoms. The van der Waals surface area contributed by atoms with Gasteiger partial charge < -0.3 is 20.4 Å². The minimum Gasteiger partial charge on any atom is -0.483 e. The zero-order chi connectivity index (χ0) is 22.8. The minimum atomic E-state index is -0.253. The molecule has 1 aliphatic carbocycles. The van der Waals surface area contributed by atoms with Crippen molar-refractivity contribution in [3.8, 4) is 0 Å². The number of fused-ring (bicyclic) bond motifs is 2. The Morgan fingerprint density at radius 2 is 2.06 bits per heavy atom. The van der Waals surface area contributed by atoms with E-state index in [1.807, 2.05) is 36.5 Å². The van der Waals surface area contributed by atoms with E-state index in [1.54, 1.807) is 18.2 Å². The topological polar surface area (TPSA) is 83.2 Å². The molecular formula is C26H26ClN3O3. The van der Waals surface area contributed by atoms with Crippen molar-refractivity contribution in [2.75, 3.05) is 6.54 Å². The fourth-order valence-corrected chi connectivity index (χ4v) is 4.98. The highest BCUT2D eigenvalue weighted by atomic mass is 35.5. The molecule has 2 amide bonds. The number of nitrogens with one attached hydrogen (secondary N) is 3. The van der Waals surface area contributed by atoms with Crippen LogP contribution in [0.25, 0.3) is 17.0 Å². The van der Waals surface area contributed by atoms with Gasteiger partial charge in [-0.15, -0.1) is 0 Å². The molecule has 33 heavy (non-hydrogen) atoms. The number of ether oxygens (including phenoxy) is 1. The molecule has 3 atom stereocenters. The van der Waals surface area contributed by atoms with Crippen molar-refractivity contribution in [2.24, 2.45) is 5.92 Å². The summed E-state index contributed by atoms with van der Waals surface area (Å²) in [6.45, 7) is 0.584. The van der Waals surface area contributed by atoms with Gasteiger partial charge in [-0.05, 0) is 61.1 Å². The van der Waals surface area contributed by atoms with Gasteiger partial charge in [-0.1, -0.05) is 41.9 Å². The number of rotatable bonds is 5. The lowest BCUT2D eigenvalue weighted by atomic mass is 9.82. The van der Waals surface area contributed by atoms with Gasteiger partial charge in [-0.2, -0.15) is 0 Å². The first-order valence-corrected chi connectivity index (χ1v) is 11.7. The van der Waals surface area contributed by atoms with Crippen LogP contribution in [0.4, 0.5) is 0 Å².